The summed E-state index contributed by atoms with van der Waals surface area (Å²) < 4.78 is 68.9. The zero-order valence-corrected chi connectivity index (χ0v) is 12.3. The summed E-state index contributed by atoms with van der Waals surface area (Å²) in [4.78, 5) is 9.51. The minimum absolute atomic E-state index is 0.0269. The van der Waals surface area contributed by atoms with Crippen LogP contribution < -0.4 is 0 Å². The van der Waals surface area contributed by atoms with Crippen LogP contribution in [0.1, 0.15) is 45.4 Å². The highest BCUT2D eigenvalue weighted by atomic mass is 31.2. The number of hydrogen-bond donors (Lipinski definition) is 1. The Morgan fingerprint density at radius 3 is 2.45 bits per heavy atom. The Hall–Kier alpha value is -0.130. The van der Waals surface area contributed by atoms with Crippen molar-refractivity contribution in [3.63, 3.8) is 0 Å². The number of alkyl halides is 4. The van der Waals surface area contributed by atoms with Crippen molar-refractivity contribution < 1.29 is 31.5 Å². The molecule has 0 bridgehead atoms. The van der Waals surface area contributed by atoms with Crippen LogP contribution >= 0.6 is 7.60 Å². The highest BCUT2D eigenvalue weighted by Crippen LogP contribution is 2.50. The van der Waals surface area contributed by atoms with Gasteiger partial charge in [0.2, 0.25) is 0 Å². The van der Waals surface area contributed by atoms with Gasteiger partial charge in [-0.1, -0.05) is 26.2 Å². The standard InChI is InChI=1S/C12H21F4O3P/c1-2-3-8-20(17,18)19-11(12(14,15)16)9-6-4-5-7-10(9)13/h9-11H,2-8H2,1H3,(H,17,18). The Bertz CT molecular complexity index is 348. The molecule has 1 fully saturated rings. The van der Waals surface area contributed by atoms with Crippen molar-refractivity contribution in [3.8, 4) is 0 Å². The van der Waals surface area contributed by atoms with Crippen LogP contribution in [0.3, 0.4) is 0 Å². The third-order valence-electron chi connectivity index (χ3n) is 3.52. The van der Waals surface area contributed by atoms with Gasteiger partial charge in [-0.25, -0.2) is 4.39 Å². The number of rotatable bonds is 6. The van der Waals surface area contributed by atoms with E-state index in [1.165, 1.54) is 0 Å². The summed E-state index contributed by atoms with van der Waals surface area (Å²) >= 11 is 0. The molecule has 0 aliphatic heterocycles. The van der Waals surface area contributed by atoms with E-state index in [4.69, 9.17) is 0 Å². The van der Waals surface area contributed by atoms with Crippen molar-refractivity contribution in [2.24, 2.45) is 5.92 Å². The fourth-order valence-electron chi connectivity index (χ4n) is 2.42. The van der Waals surface area contributed by atoms with Gasteiger partial charge < -0.3 is 4.89 Å². The molecule has 4 atom stereocenters. The SMILES string of the molecule is CCCCP(=O)(O)OC(C1CCCCC1F)C(F)(F)F. The van der Waals surface area contributed by atoms with Gasteiger partial charge in [0.05, 0.1) is 0 Å². The molecule has 0 spiro atoms. The molecule has 0 aromatic carbocycles. The quantitative estimate of drug-likeness (QED) is 0.581. The van der Waals surface area contributed by atoms with Crippen molar-refractivity contribution >= 4 is 7.60 Å². The Morgan fingerprint density at radius 2 is 1.95 bits per heavy atom. The molecule has 0 amide bonds. The van der Waals surface area contributed by atoms with Crippen molar-refractivity contribution in [1.82, 2.24) is 0 Å². The summed E-state index contributed by atoms with van der Waals surface area (Å²) in [7, 11) is -4.34. The molecule has 20 heavy (non-hydrogen) atoms. The van der Waals surface area contributed by atoms with E-state index in [1.54, 1.807) is 6.92 Å². The minimum Gasteiger partial charge on any atom is -0.324 e. The van der Waals surface area contributed by atoms with Crippen LogP contribution in [0.2, 0.25) is 0 Å². The van der Waals surface area contributed by atoms with Gasteiger partial charge >= 0.3 is 13.8 Å². The van der Waals surface area contributed by atoms with Crippen molar-refractivity contribution in [2.45, 2.75) is 63.9 Å². The first-order valence-electron chi connectivity index (χ1n) is 6.88. The Kier molecular flexibility index (Phi) is 6.48. The van der Waals surface area contributed by atoms with Crippen LogP contribution in [0.4, 0.5) is 17.6 Å². The van der Waals surface area contributed by atoms with E-state index >= 15 is 0 Å². The monoisotopic (exact) mass is 320 g/mol. The number of halogens is 4. The first-order valence-corrected chi connectivity index (χ1v) is 8.64. The first-order chi connectivity index (χ1) is 9.17. The summed E-state index contributed by atoms with van der Waals surface area (Å²) in [6.07, 6.45) is -7.35. The van der Waals surface area contributed by atoms with Gasteiger partial charge in [0.25, 0.3) is 0 Å². The molecule has 0 heterocycles. The average molecular weight is 320 g/mol. The molecule has 0 aromatic rings. The second-order valence-corrected chi connectivity index (χ2v) is 7.18. The van der Waals surface area contributed by atoms with E-state index in [0.29, 0.717) is 25.7 Å². The lowest BCUT2D eigenvalue weighted by molar-refractivity contribution is -0.220. The number of hydrogen-bond acceptors (Lipinski definition) is 2. The van der Waals surface area contributed by atoms with Gasteiger partial charge in [0, 0.05) is 12.1 Å². The molecule has 8 heteroatoms. The van der Waals surface area contributed by atoms with Crippen LogP contribution in [-0.4, -0.2) is 29.5 Å². The molecule has 1 aliphatic carbocycles. The minimum atomic E-state index is -4.84. The van der Waals surface area contributed by atoms with Crippen molar-refractivity contribution in [3.05, 3.63) is 0 Å². The van der Waals surface area contributed by atoms with Crippen molar-refractivity contribution in [1.29, 1.82) is 0 Å². The Balaban J connectivity index is 2.82. The maximum atomic E-state index is 13.7. The van der Waals surface area contributed by atoms with Gasteiger partial charge in [-0.2, -0.15) is 13.2 Å². The zero-order chi connectivity index (χ0) is 15.4. The van der Waals surface area contributed by atoms with Gasteiger partial charge in [0.15, 0.2) is 6.10 Å². The molecule has 4 unspecified atom stereocenters. The van der Waals surface area contributed by atoms with E-state index in [-0.39, 0.29) is 19.0 Å². The second kappa shape index (κ2) is 7.23. The fourth-order valence-corrected chi connectivity index (χ4v) is 3.88. The van der Waals surface area contributed by atoms with E-state index in [0.717, 1.165) is 0 Å². The lowest BCUT2D eigenvalue weighted by Gasteiger charge is -2.34. The normalized spacial score (nSPS) is 28.9. The molecule has 0 radical (unpaired) electrons. The molecule has 0 aromatic heterocycles. The van der Waals surface area contributed by atoms with Crippen LogP contribution in [0.5, 0.6) is 0 Å². The molecular weight excluding hydrogens is 299 g/mol. The highest BCUT2D eigenvalue weighted by Gasteiger charge is 2.51. The molecule has 0 saturated heterocycles. The summed E-state index contributed by atoms with van der Waals surface area (Å²) in [5.41, 5.74) is 0. The summed E-state index contributed by atoms with van der Waals surface area (Å²) in [6, 6.07) is 0. The van der Waals surface area contributed by atoms with Crippen LogP contribution in [0.15, 0.2) is 0 Å². The van der Waals surface area contributed by atoms with E-state index < -0.39 is 32.0 Å². The van der Waals surface area contributed by atoms with E-state index in [9.17, 15) is 27.0 Å². The molecular formula is C12H21F4O3P. The predicted molar refractivity (Wildman–Crippen MR) is 67.4 cm³/mol. The lowest BCUT2D eigenvalue weighted by Crippen LogP contribution is -2.43. The molecule has 1 rings (SSSR count). The Labute approximate surface area is 116 Å². The smallest absolute Gasteiger partial charge is 0.324 e. The summed E-state index contributed by atoms with van der Waals surface area (Å²) in [5.74, 6) is -1.38. The highest BCUT2D eigenvalue weighted by molar-refractivity contribution is 7.52. The van der Waals surface area contributed by atoms with Crippen LogP contribution in [0.25, 0.3) is 0 Å². The van der Waals surface area contributed by atoms with Gasteiger partial charge in [-0.05, 0) is 19.3 Å². The van der Waals surface area contributed by atoms with Crippen LogP contribution in [0, 0.1) is 5.92 Å². The largest absolute Gasteiger partial charge is 0.415 e. The summed E-state index contributed by atoms with van der Waals surface area (Å²) in [6.45, 7) is 1.75. The van der Waals surface area contributed by atoms with Crippen LogP contribution in [-0.2, 0) is 9.09 Å². The molecule has 120 valence electrons. The molecule has 3 nitrogen and oxygen atoms in total. The maximum Gasteiger partial charge on any atom is 0.415 e. The maximum absolute atomic E-state index is 13.7. The van der Waals surface area contributed by atoms with E-state index in [2.05, 4.69) is 4.52 Å². The molecule has 1 saturated carbocycles. The predicted octanol–water partition coefficient (Wildman–Crippen LogP) is 4.45. The molecule has 1 N–H and O–H groups in total. The zero-order valence-electron chi connectivity index (χ0n) is 11.4. The fraction of sp³-hybridized carbons (Fsp3) is 1.00. The van der Waals surface area contributed by atoms with E-state index in [1.807, 2.05) is 0 Å². The van der Waals surface area contributed by atoms with Gasteiger partial charge in [-0.15, -0.1) is 0 Å². The summed E-state index contributed by atoms with van der Waals surface area (Å²) in [5, 5.41) is 0. The Morgan fingerprint density at radius 1 is 1.35 bits per heavy atom. The lowest BCUT2D eigenvalue weighted by atomic mass is 9.83. The molecule has 1 aliphatic rings. The second-order valence-electron chi connectivity index (χ2n) is 5.25. The number of unbranched alkanes of at least 4 members (excludes halogenated alkanes) is 1. The van der Waals surface area contributed by atoms with Gasteiger partial charge in [0.1, 0.15) is 6.17 Å². The average Bonchev–Trinajstić information content (AvgIpc) is 2.33. The van der Waals surface area contributed by atoms with Gasteiger partial charge in [-0.3, -0.25) is 9.09 Å². The third-order valence-corrected chi connectivity index (χ3v) is 4.95. The van der Waals surface area contributed by atoms with Crippen molar-refractivity contribution in [2.75, 3.05) is 6.16 Å². The topological polar surface area (TPSA) is 46.5 Å². The third kappa shape index (κ3) is 5.34. The first kappa shape index (κ1) is 17.9.